The monoisotopic (exact) mass is 585 g/mol. The first-order valence-electron chi connectivity index (χ1n) is 14.1. The Kier molecular flexibility index (Phi) is 13.7. The van der Waals surface area contributed by atoms with Crippen molar-refractivity contribution in [2.75, 3.05) is 6.54 Å². The van der Waals surface area contributed by atoms with Crippen LogP contribution < -0.4 is 27.4 Å². The van der Waals surface area contributed by atoms with E-state index in [4.69, 9.17) is 11.5 Å². The fraction of sp³-hybridized carbons (Fsp3) is 0.467. The third kappa shape index (κ3) is 11.0. The first-order valence-corrected chi connectivity index (χ1v) is 14.1. The van der Waals surface area contributed by atoms with Crippen molar-refractivity contribution in [1.82, 2.24) is 16.0 Å². The number of carbonyl (C=O) groups excluding carboxylic acids is 3. The Morgan fingerprint density at radius 2 is 1.26 bits per heavy atom. The van der Waals surface area contributed by atoms with E-state index in [1.807, 2.05) is 6.92 Å². The molecule has 0 aromatic heterocycles. The smallest absolute Gasteiger partial charge is 0.326 e. The molecule has 10 N–H and O–H groups in total. The Hall–Kier alpha value is -4.16. The number of aromatic hydroxyl groups is 2. The molecule has 5 atom stereocenters. The first kappa shape index (κ1) is 34.0. The summed E-state index contributed by atoms with van der Waals surface area (Å²) in [4.78, 5) is 51.7. The van der Waals surface area contributed by atoms with Crippen LogP contribution in [0, 0.1) is 5.92 Å². The zero-order valence-electron chi connectivity index (χ0n) is 24.1. The minimum Gasteiger partial charge on any atom is -0.508 e. The van der Waals surface area contributed by atoms with Gasteiger partial charge in [0, 0.05) is 6.42 Å². The molecule has 2 aromatic carbocycles. The van der Waals surface area contributed by atoms with Crippen LogP contribution in [0.1, 0.15) is 50.7 Å². The normalized spacial score (nSPS) is 14.6. The van der Waals surface area contributed by atoms with Gasteiger partial charge in [0.05, 0.1) is 6.04 Å². The second kappa shape index (κ2) is 16.9. The lowest BCUT2D eigenvalue weighted by molar-refractivity contribution is -0.143. The van der Waals surface area contributed by atoms with E-state index in [0.717, 1.165) is 5.56 Å². The molecule has 0 saturated heterocycles. The number of nitrogens with one attached hydrogen (secondary N) is 3. The van der Waals surface area contributed by atoms with E-state index in [2.05, 4.69) is 16.0 Å². The molecule has 0 spiro atoms. The second-order valence-corrected chi connectivity index (χ2v) is 10.5. The van der Waals surface area contributed by atoms with Crippen LogP contribution in [0.3, 0.4) is 0 Å². The number of hydrogen-bond donors (Lipinski definition) is 8. The highest BCUT2D eigenvalue weighted by Crippen LogP contribution is 2.14. The third-order valence-electron chi connectivity index (χ3n) is 7.09. The van der Waals surface area contributed by atoms with Crippen molar-refractivity contribution in [3.63, 3.8) is 0 Å². The number of carboxylic acid groups (broad SMARTS) is 1. The number of rotatable bonds is 17. The number of nitrogens with two attached hydrogens (primary N) is 2. The maximum atomic E-state index is 13.5. The second-order valence-electron chi connectivity index (χ2n) is 10.5. The maximum absolute atomic E-state index is 13.5. The molecule has 0 radical (unpaired) electrons. The number of unbranched alkanes of at least 4 members (excludes halogenated alkanes) is 1. The molecule has 12 nitrogen and oxygen atoms in total. The van der Waals surface area contributed by atoms with Crippen LogP contribution in [-0.4, -0.2) is 69.7 Å². The SMILES string of the molecule is CCC(C)C(NC(=O)C(Cc1ccc(O)cc1)NC(=O)C(CCCCN)NC(=O)C(N)Cc1ccc(O)cc1)C(=O)O. The largest absolute Gasteiger partial charge is 0.508 e. The van der Waals surface area contributed by atoms with Gasteiger partial charge < -0.3 is 42.7 Å². The Labute approximate surface area is 245 Å². The Morgan fingerprint density at radius 3 is 1.76 bits per heavy atom. The molecule has 0 aliphatic heterocycles. The van der Waals surface area contributed by atoms with Gasteiger partial charge in [0.15, 0.2) is 0 Å². The first-order chi connectivity index (χ1) is 19.9. The van der Waals surface area contributed by atoms with E-state index in [-0.39, 0.29) is 36.7 Å². The molecule has 0 saturated carbocycles. The van der Waals surface area contributed by atoms with Crippen molar-refractivity contribution >= 4 is 23.7 Å². The predicted molar refractivity (Wildman–Crippen MR) is 157 cm³/mol. The van der Waals surface area contributed by atoms with Gasteiger partial charge in [-0.15, -0.1) is 0 Å². The minimum absolute atomic E-state index is 0.00846. The van der Waals surface area contributed by atoms with Crippen LogP contribution in [0.25, 0.3) is 0 Å². The summed E-state index contributed by atoms with van der Waals surface area (Å²) in [5, 5.41) is 36.7. The number of phenols is 2. The van der Waals surface area contributed by atoms with Crippen molar-refractivity contribution in [2.24, 2.45) is 17.4 Å². The highest BCUT2D eigenvalue weighted by molar-refractivity contribution is 5.94. The van der Waals surface area contributed by atoms with Crippen LogP contribution in [0.15, 0.2) is 48.5 Å². The van der Waals surface area contributed by atoms with Crippen molar-refractivity contribution in [1.29, 1.82) is 0 Å². The number of hydrogen-bond acceptors (Lipinski definition) is 8. The van der Waals surface area contributed by atoms with E-state index in [1.165, 1.54) is 24.3 Å². The standard InChI is InChI=1S/C30H43N5O7/c1-3-18(2)26(30(41)42)35-29(40)25(17-20-9-13-22(37)14-10-20)34-28(39)24(6-4-5-15-31)33-27(38)23(32)16-19-7-11-21(36)12-8-19/h7-14,18,23-26,36-37H,3-6,15-17,31-32H2,1-2H3,(H,33,38)(H,34,39)(H,35,40)(H,41,42). The molecule has 42 heavy (non-hydrogen) atoms. The van der Waals surface area contributed by atoms with Crippen molar-refractivity contribution < 1.29 is 34.5 Å². The number of amides is 3. The molecule has 0 heterocycles. The Bertz CT molecular complexity index is 1170. The molecule has 5 unspecified atom stereocenters. The number of phenolic OH excluding ortho intramolecular Hbond substituents is 2. The number of aliphatic carboxylic acids is 1. The van der Waals surface area contributed by atoms with Gasteiger partial charge >= 0.3 is 5.97 Å². The summed E-state index contributed by atoms with van der Waals surface area (Å²) in [5.74, 6) is -3.35. The summed E-state index contributed by atoms with van der Waals surface area (Å²) in [5.41, 5.74) is 13.1. The molecule has 0 fully saturated rings. The van der Waals surface area contributed by atoms with Gasteiger partial charge in [0.2, 0.25) is 17.7 Å². The van der Waals surface area contributed by atoms with Gasteiger partial charge in [0.1, 0.15) is 29.6 Å². The van der Waals surface area contributed by atoms with E-state index >= 15 is 0 Å². The molecule has 2 rings (SSSR count). The predicted octanol–water partition coefficient (Wildman–Crippen LogP) is 0.924. The highest BCUT2D eigenvalue weighted by Gasteiger charge is 2.32. The summed E-state index contributed by atoms with van der Waals surface area (Å²) >= 11 is 0. The number of carboxylic acids is 1. The van der Waals surface area contributed by atoms with Gasteiger partial charge in [-0.05, 0) is 73.5 Å². The molecule has 0 aliphatic rings. The van der Waals surface area contributed by atoms with E-state index in [1.54, 1.807) is 31.2 Å². The molecule has 230 valence electrons. The average molecular weight is 586 g/mol. The summed E-state index contributed by atoms with van der Waals surface area (Å²) in [6.45, 7) is 3.90. The van der Waals surface area contributed by atoms with Gasteiger partial charge in [0.25, 0.3) is 0 Å². The highest BCUT2D eigenvalue weighted by atomic mass is 16.4. The van der Waals surface area contributed by atoms with Crippen molar-refractivity contribution in [2.45, 2.75) is 76.5 Å². The number of benzene rings is 2. The Morgan fingerprint density at radius 1 is 0.762 bits per heavy atom. The van der Waals surface area contributed by atoms with Crippen molar-refractivity contribution in [3.8, 4) is 11.5 Å². The Balaban J connectivity index is 2.24. The van der Waals surface area contributed by atoms with Crippen LogP contribution in [0.5, 0.6) is 11.5 Å². The molecular weight excluding hydrogens is 542 g/mol. The maximum Gasteiger partial charge on any atom is 0.326 e. The van der Waals surface area contributed by atoms with E-state index in [9.17, 15) is 34.5 Å². The van der Waals surface area contributed by atoms with Gasteiger partial charge in [-0.25, -0.2) is 4.79 Å². The van der Waals surface area contributed by atoms with Gasteiger partial charge in [-0.1, -0.05) is 44.5 Å². The van der Waals surface area contributed by atoms with Gasteiger partial charge in [-0.3, -0.25) is 14.4 Å². The van der Waals surface area contributed by atoms with Crippen LogP contribution in [-0.2, 0) is 32.0 Å². The third-order valence-corrected chi connectivity index (χ3v) is 7.09. The summed E-state index contributed by atoms with van der Waals surface area (Å²) in [6.07, 6.45) is 2.04. The molecule has 12 heteroatoms. The zero-order valence-corrected chi connectivity index (χ0v) is 24.1. The van der Waals surface area contributed by atoms with Gasteiger partial charge in [-0.2, -0.15) is 0 Å². The lowest BCUT2D eigenvalue weighted by atomic mass is 9.98. The fourth-order valence-electron chi connectivity index (χ4n) is 4.31. The summed E-state index contributed by atoms with van der Waals surface area (Å²) in [7, 11) is 0. The fourth-order valence-corrected chi connectivity index (χ4v) is 4.31. The quantitative estimate of drug-likeness (QED) is 0.124. The summed E-state index contributed by atoms with van der Waals surface area (Å²) < 4.78 is 0. The van der Waals surface area contributed by atoms with E-state index in [0.29, 0.717) is 31.4 Å². The van der Waals surface area contributed by atoms with Crippen molar-refractivity contribution in [3.05, 3.63) is 59.7 Å². The molecule has 3 amide bonds. The minimum atomic E-state index is -1.19. The average Bonchev–Trinajstić information content (AvgIpc) is 2.96. The zero-order chi connectivity index (χ0) is 31.2. The molecule has 0 bridgehead atoms. The van der Waals surface area contributed by atoms with Crippen LogP contribution in [0.2, 0.25) is 0 Å². The van der Waals surface area contributed by atoms with Crippen LogP contribution in [0.4, 0.5) is 0 Å². The molecule has 0 aliphatic carbocycles. The molecular formula is C30H43N5O7. The summed E-state index contributed by atoms with van der Waals surface area (Å²) in [6, 6.07) is 7.96. The van der Waals surface area contributed by atoms with Crippen LogP contribution >= 0.6 is 0 Å². The number of carbonyl (C=O) groups is 4. The lowest BCUT2D eigenvalue weighted by Crippen LogP contribution is -2.58. The lowest BCUT2D eigenvalue weighted by Gasteiger charge is -2.27. The molecule has 2 aromatic rings. The van der Waals surface area contributed by atoms with E-state index < -0.39 is 47.9 Å². The topological polar surface area (TPSA) is 217 Å².